The topological polar surface area (TPSA) is 113 Å². The SMILES string of the molecule is O=C1C(=O)N(CCC[NH+]2CCOCC2)C(c2cccc(O)c2)/C1=C(\[O-])c1ccc2c(c1)OCCO2. The molecule has 0 aromatic heterocycles. The Morgan fingerprint density at radius 1 is 1.03 bits per heavy atom. The summed E-state index contributed by atoms with van der Waals surface area (Å²) >= 11 is 0. The Kier molecular flexibility index (Phi) is 6.61. The Hall–Kier alpha value is -3.56. The van der Waals surface area contributed by atoms with Crippen LogP contribution in [0.25, 0.3) is 5.76 Å². The highest BCUT2D eigenvalue weighted by Gasteiger charge is 2.44. The monoisotopic (exact) mass is 480 g/mol. The largest absolute Gasteiger partial charge is 0.872 e. The van der Waals surface area contributed by atoms with Gasteiger partial charge in [0.15, 0.2) is 11.5 Å². The van der Waals surface area contributed by atoms with Crippen molar-refractivity contribution in [1.29, 1.82) is 0 Å². The summed E-state index contributed by atoms with van der Waals surface area (Å²) in [7, 11) is 0. The summed E-state index contributed by atoms with van der Waals surface area (Å²) in [6, 6.07) is 10.2. The van der Waals surface area contributed by atoms with Crippen molar-refractivity contribution in [2.24, 2.45) is 0 Å². The lowest BCUT2D eigenvalue weighted by Crippen LogP contribution is -3.14. The van der Waals surface area contributed by atoms with Crippen molar-refractivity contribution in [2.75, 3.05) is 52.6 Å². The van der Waals surface area contributed by atoms with Crippen LogP contribution in [-0.4, -0.2) is 74.3 Å². The number of nitrogens with zero attached hydrogens (tertiary/aromatic N) is 1. The fraction of sp³-hybridized carbons (Fsp3) is 0.385. The van der Waals surface area contributed by atoms with Crippen LogP contribution in [0.1, 0.15) is 23.6 Å². The maximum Gasteiger partial charge on any atom is 0.295 e. The van der Waals surface area contributed by atoms with E-state index in [9.17, 15) is 19.8 Å². The predicted octanol–water partition coefficient (Wildman–Crippen LogP) is -0.307. The van der Waals surface area contributed by atoms with Gasteiger partial charge in [0, 0.05) is 18.5 Å². The van der Waals surface area contributed by atoms with Gasteiger partial charge in [-0.05, 0) is 35.4 Å². The first-order valence-electron chi connectivity index (χ1n) is 11.9. The van der Waals surface area contributed by atoms with E-state index in [0.717, 1.165) is 19.6 Å². The number of likely N-dealkylation sites (tertiary alicyclic amines) is 1. The molecule has 1 atom stereocenters. The third kappa shape index (κ3) is 4.69. The van der Waals surface area contributed by atoms with Gasteiger partial charge in [-0.25, -0.2) is 0 Å². The molecule has 9 heteroatoms. The summed E-state index contributed by atoms with van der Waals surface area (Å²) < 4.78 is 16.5. The fourth-order valence-corrected chi connectivity index (χ4v) is 4.89. The number of rotatable bonds is 6. The van der Waals surface area contributed by atoms with Gasteiger partial charge in [-0.3, -0.25) is 9.59 Å². The molecule has 2 saturated heterocycles. The number of amides is 1. The summed E-state index contributed by atoms with van der Waals surface area (Å²) in [5.74, 6) is -1.08. The molecule has 184 valence electrons. The van der Waals surface area contributed by atoms with Crippen molar-refractivity contribution in [1.82, 2.24) is 4.90 Å². The number of ketones is 1. The number of quaternary nitrogens is 1. The standard InChI is InChI=1S/C26H28N2O7/c29-19-4-1-3-17(15-19)23-22(24(30)18-5-6-20-21(16-18)35-14-13-34-20)25(31)26(32)28(23)8-2-7-27-9-11-33-12-10-27/h1,3-6,15-16,23,29-30H,2,7-14H2/b24-22+. The van der Waals surface area contributed by atoms with Crippen molar-refractivity contribution in [2.45, 2.75) is 12.5 Å². The molecule has 3 aliphatic heterocycles. The van der Waals surface area contributed by atoms with Crippen molar-refractivity contribution < 1.29 is 38.9 Å². The number of nitrogens with one attached hydrogen (secondary N) is 1. The number of morpholine rings is 1. The van der Waals surface area contributed by atoms with Crippen LogP contribution in [0.4, 0.5) is 0 Å². The molecule has 1 amide bonds. The molecule has 3 aliphatic rings. The van der Waals surface area contributed by atoms with E-state index in [1.807, 2.05) is 0 Å². The highest BCUT2D eigenvalue weighted by Crippen LogP contribution is 2.40. The minimum Gasteiger partial charge on any atom is -0.872 e. The minimum absolute atomic E-state index is 0.00172. The second kappa shape index (κ2) is 9.97. The second-order valence-corrected chi connectivity index (χ2v) is 8.89. The van der Waals surface area contributed by atoms with Gasteiger partial charge < -0.3 is 34.2 Å². The number of phenolic OH excluding ortho intramolecular Hbond substituents is 1. The number of carbonyl (C=O) groups is 2. The molecule has 35 heavy (non-hydrogen) atoms. The molecule has 0 radical (unpaired) electrons. The summed E-state index contributed by atoms with van der Waals surface area (Å²) in [5.41, 5.74) is 0.648. The van der Waals surface area contributed by atoms with E-state index in [1.165, 1.54) is 21.9 Å². The highest BCUT2D eigenvalue weighted by molar-refractivity contribution is 6.46. The summed E-state index contributed by atoms with van der Waals surface area (Å²) in [6.45, 7) is 5.18. The lowest BCUT2D eigenvalue weighted by molar-refractivity contribution is -0.908. The lowest BCUT2D eigenvalue weighted by Gasteiger charge is -2.29. The van der Waals surface area contributed by atoms with Crippen molar-refractivity contribution in [3.8, 4) is 17.2 Å². The molecule has 2 N–H and O–H groups in total. The summed E-state index contributed by atoms with van der Waals surface area (Å²) in [6.07, 6.45) is 0.676. The number of ether oxygens (including phenoxy) is 3. The molecular weight excluding hydrogens is 452 g/mol. The number of benzene rings is 2. The van der Waals surface area contributed by atoms with Crippen molar-refractivity contribution in [3.05, 3.63) is 59.2 Å². The second-order valence-electron chi connectivity index (χ2n) is 8.89. The predicted molar refractivity (Wildman–Crippen MR) is 123 cm³/mol. The van der Waals surface area contributed by atoms with Gasteiger partial charge in [0.1, 0.15) is 32.1 Å². The first kappa shape index (κ1) is 23.2. The Morgan fingerprint density at radius 3 is 2.57 bits per heavy atom. The Morgan fingerprint density at radius 2 is 1.80 bits per heavy atom. The van der Waals surface area contributed by atoms with E-state index in [-0.39, 0.29) is 16.9 Å². The molecule has 1 unspecified atom stereocenters. The first-order valence-corrected chi connectivity index (χ1v) is 11.9. The molecule has 0 saturated carbocycles. The molecule has 2 fully saturated rings. The van der Waals surface area contributed by atoms with Crippen LogP contribution in [-0.2, 0) is 14.3 Å². The maximum absolute atomic E-state index is 13.6. The number of carbonyl (C=O) groups excluding carboxylic acids is 2. The lowest BCUT2D eigenvalue weighted by atomic mass is 9.95. The molecule has 0 aliphatic carbocycles. The van der Waals surface area contributed by atoms with Gasteiger partial charge in [-0.15, -0.1) is 0 Å². The average Bonchev–Trinajstić information content (AvgIpc) is 3.13. The zero-order chi connectivity index (χ0) is 24.4. The number of hydrogen-bond acceptors (Lipinski definition) is 7. The van der Waals surface area contributed by atoms with Crippen molar-refractivity contribution in [3.63, 3.8) is 0 Å². The molecule has 2 aromatic carbocycles. The van der Waals surface area contributed by atoms with Gasteiger partial charge in [0.05, 0.1) is 25.8 Å². The summed E-state index contributed by atoms with van der Waals surface area (Å²) in [4.78, 5) is 29.1. The zero-order valence-corrected chi connectivity index (χ0v) is 19.3. The normalized spacial score (nSPS) is 21.9. The maximum atomic E-state index is 13.6. The minimum atomic E-state index is -0.873. The van der Waals surface area contributed by atoms with Crippen LogP contribution in [0.2, 0.25) is 0 Å². The van der Waals surface area contributed by atoms with Gasteiger partial charge in [-0.2, -0.15) is 0 Å². The van der Waals surface area contributed by atoms with Crippen LogP contribution >= 0.6 is 0 Å². The first-order chi connectivity index (χ1) is 17.0. The van der Waals surface area contributed by atoms with Crippen molar-refractivity contribution >= 4 is 17.4 Å². The quantitative estimate of drug-likeness (QED) is 0.331. The van der Waals surface area contributed by atoms with Crippen LogP contribution in [0.3, 0.4) is 0 Å². The molecule has 5 rings (SSSR count). The van der Waals surface area contributed by atoms with E-state index < -0.39 is 23.5 Å². The third-order valence-electron chi connectivity index (χ3n) is 6.65. The van der Waals surface area contributed by atoms with Crippen LogP contribution in [0, 0.1) is 0 Å². The Labute approximate surface area is 203 Å². The van der Waals surface area contributed by atoms with E-state index >= 15 is 0 Å². The Bertz CT molecular complexity index is 1160. The van der Waals surface area contributed by atoms with Crippen LogP contribution in [0.5, 0.6) is 17.2 Å². The number of aromatic hydroxyl groups is 1. The van der Waals surface area contributed by atoms with E-state index in [1.54, 1.807) is 30.3 Å². The molecular formula is C26H28N2O7. The van der Waals surface area contributed by atoms with Crippen LogP contribution in [0.15, 0.2) is 48.0 Å². The molecule has 3 heterocycles. The third-order valence-corrected chi connectivity index (χ3v) is 6.65. The van der Waals surface area contributed by atoms with Gasteiger partial charge in [-0.1, -0.05) is 24.0 Å². The number of Topliss-reactive ketones (excluding diaryl/α,β-unsaturated/α-hetero) is 1. The van der Waals surface area contributed by atoms with Gasteiger partial charge >= 0.3 is 0 Å². The van der Waals surface area contributed by atoms with Gasteiger partial charge in [0.2, 0.25) is 5.78 Å². The van der Waals surface area contributed by atoms with E-state index in [2.05, 4.69) is 0 Å². The van der Waals surface area contributed by atoms with Gasteiger partial charge in [0.25, 0.3) is 5.91 Å². The summed E-state index contributed by atoms with van der Waals surface area (Å²) in [5, 5.41) is 23.7. The highest BCUT2D eigenvalue weighted by atomic mass is 16.6. The smallest absolute Gasteiger partial charge is 0.295 e. The number of hydrogen-bond donors (Lipinski definition) is 2. The number of fused-ring (bicyclic) bond motifs is 1. The average molecular weight is 481 g/mol. The Balaban J connectivity index is 1.48. The molecule has 2 aromatic rings. The number of phenols is 1. The fourth-order valence-electron chi connectivity index (χ4n) is 4.89. The molecule has 9 nitrogen and oxygen atoms in total. The van der Waals surface area contributed by atoms with E-state index in [4.69, 9.17) is 14.2 Å². The zero-order valence-electron chi connectivity index (χ0n) is 19.3. The van der Waals surface area contributed by atoms with E-state index in [0.29, 0.717) is 56.5 Å². The molecule has 0 spiro atoms. The van der Waals surface area contributed by atoms with Crippen LogP contribution < -0.4 is 19.5 Å². The molecule has 0 bridgehead atoms.